The maximum atomic E-state index is 2.60. The van der Waals surface area contributed by atoms with E-state index in [1.165, 1.54) is 33.4 Å². The molecule has 0 amide bonds. The Labute approximate surface area is 297 Å². The van der Waals surface area contributed by atoms with E-state index in [4.69, 9.17) is 0 Å². The molecule has 4 aromatic carbocycles. The quantitative estimate of drug-likeness (QED) is 0.243. The van der Waals surface area contributed by atoms with Crippen LogP contribution in [0.25, 0.3) is 11.1 Å². The summed E-state index contributed by atoms with van der Waals surface area (Å²) in [6.45, 7) is 14.4. The van der Waals surface area contributed by atoms with Crippen LogP contribution in [0.1, 0.15) is 63.8 Å². The fourth-order valence-corrected chi connectivity index (χ4v) is 31.3. The van der Waals surface area contributed by atoms with Gasteiger partial charge in [-0.15, -0.1) is 0 Å². The van der Waals surface area contributed by atoms with Crippen LogP contribution in [0.3, 0.4) is 0 Å². The summed E-state index contributed by atoms with van der Waals surface area (Å²) in [4.78, 5) is 0. The average molecular weight is 739 g/mol. The van der Waals surface area contributed by atoms with Crippen molar-refractivity contribution in [2.45, 2.75) is 54.4 Å². The van der Waals surface area contributed by atoms with Gasteiger partial charge in [0.1, 0.15) is 0 Å². The smallest absolute Gasteiger partial charge is 1.00 e. The minimum Gasteiger partial charge on any atom is -1.00 e. The number of allylic oxidation sites excluding steroid dienone is 8. The van der Waals surface area contributed by atoms with Gasteiger partial charge in [-0.25, -0.2) is 0 Å². The molecule has 4 aromatic rings. The van der Waals surface area contributed by atoms with E-state index in [0.717, 1.165) is 12.8 Å². The van der Waals surface area contributed by atoms with Crippen molar-refractivity contribution in [2.75, 3.05) is 0 Å². The summed E-state index contributed by atoms with van der Waals surface area (Å²) < 4.78 is 3.62. The van der Waals surface area contributed by atoms with Gasteiger partial charge in [0.15, 0.2) is 0 Å². The molecule has 0 aliphatic heterocycles. The molecular formula is C42H44Cl2SiZr. The van der Waals surface area contributed by atoms with Crippen molar-refractivity contribution in [2.24, 2.45) is 11.8 Å². The molecule has 0 aromatic heterocycles. The molecule has 2 aliphatic rings. The van der Waals surface area contributed by atoms with Crippen molar-refractivity contribution in [1.82, 2.24) is 0 Å². The topological polar surface area (TPSA) is 0 Å². The monoisotopic (exact) mass is 736 g/mol. The molecule has 0 N–H and O–H groups in total. The third-order valence-corrected chi connectivity index (χ3v) is 29.7. The van der Waals surface area contributed by atoms with E-state index in [-0.39, 0.29) is 24.8 Å². The van der Waals surface area contributed by atoms with Crippen molar-refractivity contribution in [3.8, 4) is 0 Å². The molecule has 2 atom stereocenters. The summed E-state index contributed by atoms with van der Waals surface area (Å²) in [5.41, 5.74) is 10.6. The SMILES string of the molecule is CCc1cccc(C2=CC(C)[C]([Zr+2]([C]3=C(C)C(c4cccc(CC)c4)=CC3C)=[Si](c3ccccc3)c3ccccc3)=C2C)c1.[Cl-].[Cl-]. The first-order chi connectivity index (χ1) is 21.4. The van der Waals surface area contributed by atoms with Crippen LogP contribution in [-0.2, 0) is 33.2 Å². The Morgan fingerprint density at radius 2 is 0.935 bits per heavy atom. The summed E-state index contributed by atoms with van der Waals surface area (Å²) in [5, 5.41) is 3.14. The van der Waals surface area contributed by atoms with Crippen LogP contribution in [0.2, 0.25) is 0 Å². The van der Waals surface area contributed by atoms with Gasteiger partial charge in [0, 0.05) is 0 Å². The third kappa shape index (κ3) is 7.17. The van der Waals surface area contributed by atoms with Crippen LogP contribution in [0, 0.1) is 11.8 Å². The van der Waals surface area contributed by atoms with Gasteiger partial charge in [-0.3, -0.25) is 0 Å². The van der Waals surface area contributed by atoms with Gasteiger partial charge in [-0.2, -0.15) is 0 Å². The van der Waals surface area contributed by atoms with Gasteiger partial charge in [-0.1, -0.05) is 0 Å². The molecule has 0 saturated heterocycles. The number of hydrogen-bond acceptors (Lipinski definition) is 0. The van der Waals surface area contributed by atoms with E-state index in [1.807, 2.05) is 6.56 Å². The summed E-state index contributed by atoms with van der Waals surface area (Å²) in [5.74, 6) is 0.911. The predicted octanol–water partition coefficient (Wildman–Crippen LogP) is 3.56. The fraction of sp³-hybridized carbons (Fsp3) is 0.238. The first-order valence-electron chi connectivity index (χ1n) is 16.3. The minimum atomic E-state index is -2.61. The third-order valence-electron chi connectivity index (χ3n) is 9.57. The summed E-state index contributed by atoms with van der Waals surface area (Å²) in [6.07, 6.45) is 7.34. The van der Waals surface area contributed by atoms with Crippen LogP contribution >= 0.6 is 0 Å². The second-order valence-electron chi connectivity index (χ2n) is 12.4. The van der Waals surface area contributed by atoms with Crippen LogP contribution in [0.5, 0.6) is 0 Å². The van der Waals surface area contributed by atoms with Crippen molar-refractivity contribution in [1.29, 1.82) is 0 Å². The fourth-order valence-electron chi connectivity index (χ4n) is 7.34. The van der Waals surface area contributed by atoms with E-state index in [0.29, 0.717) is 11.8 Å². The first-order valence-corrected chi connectivity index (χ1v) is 24.0. The van der Waals surface area contributed by atoms with Crippen LogP contribution in [0.15, 0.2) is 139 Å². The van der Waals surface area contributed by atoms with E-state index < -0.39 is 25.8 Å². The van der Waals surface area contributed by atoms with Crippen molar-refractivity contribution in [3.63, 3.8) is 0 Å². The molecule has 0 saturated carbocycles. The van der Waals surface area contributed by atoms with Crippen LogP contribution < -0.4 is 35.2 Å². The zero-order chi connectivity index (χ0) is 30.8. The van der Waals surface area contributed by atoms with Crippen LogP contribution in [0.4, 0.5) is 0 Å². The zero-order valence-corrected chi connectivity index (χ0v) is 32.8. The second-order valence-corrected chi connectivity index (χ2v) is 25.4. The Morgan fingerprint density at radius 1 is 0.543 bits per heavy atom. The molecule has 234 valence electrons. The second kappa shape index (κ2) is 16.1. The summed E-state index contributed by atoms with van der Waals surface area (Å²) >= 11 is -2.61. The molecule has 46 heavy (non-hydrogen) atoms. The first kappa shape index (κ1) is 36.4. The van der Waals surface area contributed by atoms with Gasteiger partial charge in [-0.05, 0) is 0 Å². The Morgan fingerprint density at radius 3 is 1.30 bits per heavy atom. The molecule has 0 fully saturated rings. The molecule has 0 spiro atoms. The molecule has 0 bridgehead atoms. The van der Waals surface area contributed by atoms with E-state index in [9.17, 15) is 0 Å². The molecule has 0 heterocycles. The average Bonchev–Trinajstić information content (AvgIpc) is 3.53. The number of aryl methyl sites for hydroxylation is 2. The molecular weight excluding hydrogens is 695 g/mol. The Kier molecular flexibility index (Phi) is 12.7. The molecule has 2 unspecified atom stereocenters. The van der Waals surface area contributed by atoms with Gasteiger partial charge in [0.05, 0.1) is 0 Å². The maximum Gasteiger partial charge on any atom is -1.00 e. The number of benzene rings is 4. The zero-order valence-electron chi connectivity index (χ0n) is 27.9. The van der Waals surface area contributed by atoms with Gasteiger partial charge in [0.25, 0.3) is 0 Å². The molecule has 0 nitrogen and oxygen atoms in total. The maximum absolute atomic E-state index is 2.61. The van der Waals surface area contributed by atoms with Crippen LogP contribution in [-0.4, -0.2) is 5.43 Å². The normalized spacial score (nSPS) is 17.1. The standard InChI is InChI=1S/2C15H17.C12H10Si.2ClH.Zr/c2*1-4-13-6-5-7-14(10-13)15-9-11(2)8-12(15)3;1-3-7-11(8-4-1)13-12-9-5-2-6-10-12;;;/h2*5-7,9-11H,4H2,1-3H3;1-10H;2*1H;/q;;;;;+2/p-2. The van der Waals surface area contributed by atoms with E-state index >= 15 is 0 Å². The summed E-state index contributed by atoms with van der Waals surface area (Å²) in [6, 6.07) is 41.7. The van der Waals surface area contributed by atoms with Gasteiger partial charge < -0.3 is 24.8 Å². The van der Waals surface area contributed by atoms with Crippen molar-refractivity contribution >= 4 is 27.0 Å². The van der Waals surface area contributed by atoms with Gasteiger partial charge in [0.2, 0.25) is 0 Å². The molecule has 2 aliphatic carbocycles. The Balaban J connectivity index is 0.00000240. The van der Waals surface area contributed by atoms with Crippen molar-refractivity contribution < 1.29 is 45.2 Å². The Hall–Kier alpha value is -2.48. The summed E-state index contributed by atoms with van der Waals surface area (Å²) in [7, 11) is 0. The molecule has 6 rings (SSSR count). The molecule has 4 heteroatoms. The minimum absolute atomic E-state index is 0. The van der Waals surface area contributed by atoms with E-state index in [2.05, 4.69) is 163 Å². The predicted molar refractivity (Wildman–Crippen MR) is 189 cm³/mol. The number of rotatable bonds is 8. The Bertz CT molecular complexity index is 1730. The van der Waals surface area contributed by atoms with E-state index in [1.54, 1.807) is 21.5 Å². The number of hydrogen-bond donors (Lipinski definition) is 0. The molecule has 0 radical (unpaired) electrons. The van der Waals surface area contributed by atoms with Gasteiger partial charge >= 0.3 is 275 Å². The number of halogens is 2. The largest absolute Gasteiger partial charge is 1.00 e. The van der Waals surface area contributed by atoms with Crippen molar-refractivity contribution in [3.05, 3.63) is 161 Å².